The van der Waals surface area contributed by atoms with Gasteiger partial charge in [-0.3, -0.25) is 0 Å². The van der Waals surface area contributed by atoms with Crippen molar-refractivity contribution in [2.24, 2.45) is 5.92 Å². The van der Waals surface area contributed by atoms with Crippen molar-refractivity contribution < 1.29 is 14.9 Å². The van der Waals surface area contributed by atoms with Gasteiger partial charge in [-0.1, -0.05) is 23.7 Å². The van der Waals surface area contributed by atoms with Gasteiger partial charge in [0.1, 0.15) is 29.5 Å². The van der Waals surface area contributed by atoms with Crippen LogP contribution in [-0.4, -0.2) is 47.5 Å². The van der Waals surface area contributed by atoms with Crippen LogP contribution in [0.4, 0.5) is 5.82 Å². The van der Waals surface area contributed by atoms with E-state index in [9.17, 15) is 10.2 Å². The number of fused-ring (bicyclic) bond motifs is 3. The highest BCUT2D eigenvalue weighted by atomic mass is 35.5. The number of nitrogens with two attached hydrogens (primary N) is 1. The predicted octanol–water partition coefficient (Wildman–Crippen LogP) is 3.17. The summed E-state index contributed by atoms with van der Waals surface area (Å²) in [6, 6.07) is 9.74. The summed E-state index contributed by atoms with van der Waals surface area (Å²) in [5.41, 5.74) is 7.96. The first-order valence-corrected chi connectivity index (χ1v) is 11.4. The van der Waals surface area contributed by atoms with Gasteiger partial charge in [0.05, 0.1) is 22.3 Å². The van der Waals surface area contributed by atoms with Gasteiger partial charge in [-0.05, 0) is 55.9 Å². The Morgan fingerprint density at radius 1 is 1.27 bits per heavy atom. The molecule has 5 atom stereocenters. The molecule has 170 valence electrons. The van der Waals surface area contributed by atoms with Gasteiger partial charge in [0.2, 0.25) is 0 Å². The van der Waals surface area contributed by atoms with Crippen LogP contribution in [0, 0.1) is 12.8 Å². The molecule has 0 spiro atoms. The molecule has 1 saturated heterocycles. The second-order valence-electron chi connectivity index (χ2n) is 9.19. The minimum Gasteiger partial charge on any atom is -0.385 e. The molecule has 0 amide bonds. The molecule has 4 N–H and O–H groups in total. The van der Waals surface area contributed by atoms with Gasteiger partial charge in [0.15, 0.2) is 6.23 Å². The zero-order valence-electron chi connectivity index (χ0n) is 18.0. The van der Waals surface area contributed by atoms with Crippen molar-refractivity contribution in [2.75, 3.05) is 5.73 Å². The second-order valence-corrected chi connectivity index (χ2v) is 9.60. The third-order valence-corrected chi connectivity index (χ3v) is 7.55. The van der Waals surface area contributed by atoms with E-state index in [0.717, 1.165) is 34.0 Å². The van der Waals surface area contributed by atoms with Crippen molar-refractivity contribution >= 4 is 39.4 Å². The highest BCUT2D eigenvalue weighted by molar-refractivity contribution is 6.33. The molecule has 3 aromatic heterocycles. The van der Waals surface area contributed by atoms with Crippen molar-refractivity contribution in [1.29, 1.82) is 0 Å². The van der Waals surface area contributed by atoms with Gasteiger partial charge in [-0.25, -0.2) is 15.0 Å². The normalized spacial score (nSPS) is 29.2. The Kier molecular flexibility index (Phi) is 4.64. The number of rotatable bonds is 3. The molecule has 6 rings (SSSR count). The Morgan fingerprint density at radius 2 is 2.12 bits per heavy atom. The number of hydrogen-bond donors (Lipinski definition) is 3. The number of ether oxygens (including phenoxy) is 1. The monoisotopic (exact) mass is 465 g/mol. The van der Waals surface area contributed by atoms with E-state index in [-0.39, 0.29) is 5.92 Å². The molecule has 9 heteroatoms. The molecule has 1 saturated carbocycles. The number of aliphatic hydroxyl groups excluding tert-OH is 1. The molecular weight excluding hydrogens is 442 g/mol. The third-order valence-electron chi connectivity index (χ3n) is 7.25. The Bertz CT molecular complexity index is 1390. The topological polar surface area (TPSA) is 119 Å². The van der Waals surface area contributed by atoms with Crippen molar-refractivity contribution in [2.45, 2.75) is 50.2 Å². The maximum absolute atomic E-state index is 11.4. The molecule has 1 aliphatic carbocycles. The average molecular weight is 466 g/mol. The van der Waals surface area contributed by atoms with E-state index in [2.05, 4.69) is 15.0 Å². The molecule has 8 nitrogen and oxygen atoms in total. The van der Waals surface area contributed by atoms with E-state index in [0.29, 0.717) is 29.3 Å². The van der Waals surface area contributed by atoms with Crippen molar-refractivity contribution in [1.82, 2.24) is 19.5 Å². The van der Waals surface area contributed by atoms with Gasteiger partial charge in [-0.15, -0.1) is 0 Å². The molecule has 0 bridgehead atoms. The van der Waals surface area contributed by atoms with E-state index < -0.39 is 24.0 Å². The van der Waals surface area contributed by atoms with Crippen LogP contribution in [0.15, 0.2) is 42.9 Å². The number of benzene rings is 1. The Morgan fingerprint density at radius 3 is 2.97 bits per heavy atom. The molecule has 1 aromatic carbocycles. The largest absolute Gasteiger partial charge is 0.385 e. The van der Waals surface area contributed by atoms with Crippen LogP contribution >= 0.6 is 11.6 Å². The number of pyridine rings is 1. The summed E-state index contributed by atoms with van der Waals surface area (Å²) in [6.07, 6.45) is 3.01. The van der Waals surface area contributed by atoms with Crippen molar-refractivity contribution in [3.8, 4) is 0 Å². The molecule has 4 heterocycles. The zero-order valence-corrected chi connectivity index (χ0v) is 18.8. The molecule has 0 unspecified atom stereocenters. The highest BCUT2D eigenvalue weighted by Gasteiger charge is 2.61. The summed E-state index contributed by atoms with van der Waals surface area (Å²) >= 11 is 6.09. The maximum Gasteiger partial charge on any atom is 0.164 e. The summed E-state index contributed by atoms with van der Waals surface area (Å²) in [4.78, 5) is 13.0. The van der Waals surface area contributed by atoms with Crippen molar-refractivity contribution in [3.05, 3.63) is 59.1 Å². The number of nitrogen functional groups attached to an aromatic ring is 1. The minimum atomic E-state index is -1.30. The van der Waals surface area contributed by atoms with E-state index in [1.54, 1.807) is 4.57 Å². The van der Waals surface area contributed by atoms with Gasteiger partial charge >= 0.3 is 0 Å². The smallest absolute Gasteiger partial charge is 0.164 e. The molecule has 1 aliphatic heterocycles. The number of aliphatic hydroxyl groups is 2. The van der Waals surface area contributed by atoms with E-state index in [1.165, 1.54) is 6.33 Å². The first-order chi connectivity index (χ1) is 15.8. The molecule has 0 radical (unpaired) electrons. The Balaban J connectivity index is 1.29. The summed E-state index contributed by atoms with van der Waals surface area (Å²) in [5.74, 6) is 0.356. The second kappa shape index (κ2) is 7.36. The predicted molar refractivity (Wildman–Crippen MR) is 125 cm³/mol. The number of aryl methyl sites for hydroxylation is 1. The van der Waals surface area contributed by atoms with E-state index in [4.69, 9.17) is 22.1 Å². The van der Waals surface area contributed by atoms with E-state index >= 15 is 0 Å². The van der Waals surface area contributed by atoms with Crippen LogP contribution < -0.4 is 5.73 Å². The number of anilines is 1. The lowest BCUT2D eigenvalue weighted by Crippen LogP contribution is -2.45. The average Bonchev–Trinajstić information content (AvgIpc) is 3.42. The summed E-state index contributed by atoms with van der Waals surface area (Å²) < 4.78 is 8.15. The lowest BCUT2D eigenvalue weighted by atomic mass is 9.90. The lowest BCUT2D eigenvalue weighted by molar-refractivity contribution is -0.0675. The van der Waals surface area contributed by atoms with Crippen LogP contribution in [0.2, 0.25) is 5.02 Å². The van der Waals surface area contributed by atoms with Gasteiger partial charge in [-0.2, -0.15) is 0 Å². The van der Waals surface area contributed by atoms with Gasteiger partial charge < -0.3 is 25.3 Å². The summed E-state index contributed by atoms with van der Waals surface area (Å²) in [6.45, 7) is 1.92. The SMILES string of the molecule is Cc1ncnc2c1ccn2[C@@H]1O[C@@H]2[C@@H](Cc3ccc4cc(Cl)c(N)nc4c3)CC[C@]2(O)[C@H]1O. The standard InChI is InChI=1S/C24H24ClN5O3/c1-12-16-5-7-30(22(16)28-11-27-12)23-19(31)24(32)6-4-15(20(24)33-23)8-13-2-3-14-10-17(25)21(26)29-18(14)9-13/h2-3,5,7,9-11,15,19-20,23,31-32H,4,6,8H2,1H3,(H2,26,29)/t15-,19+,20-,23-,24+/m1/s1. The number of hydrogen-bond acceptors (Lipinski definition) is 7. The molecule has 2 fully saturated rings. The number of aromatic nitrogens is 4. The number of nitrogens with zero attached hydrogens (tertiary/aromatic N) is 4. The Hall–Kier alpha value is -2.78. The molecule has 33 heavy (non-hydrogen) atoms. The first kappa shape index (κ1) is 20.8. The zero-order chi connectivity index (χ0) is 22.9. The number of halogens is 1. The first-order valence-electron chi connectivity index (χ1n) is 11.0. The van der Waals surface area contributed by atoms with E-state index in [1.807, 2.05) is 43.5 Å². The lowest BCUT2D eigenvalue weighted by Gasteiger charge is -2.26. The molecule has 4 aromatic rings. The minimum absolute atomic E-state index is 0.0509. The fraction of sp³-hybridized carbons (Fsp3) is 0.375. The quantitative estimate of drug-likeness (QED) is 0.425. The fourth-order valence-electron chi connectivity index (χ4n) is 5.50. The van der Waals surface area contributed by atoms with Crippen LogP contribution in [0.1, 0.15) is 30.3 Å². The molecule has 2 aliphatic rings. The maximum atomic E-state index is 11.4. The van der Waals surface area contributed by atoms with Crippen LogP contribution in [0.3, 0.4) is 0 Å². The van der Waals surface area contributed by atoms with Crippen LogP contribution in [-0.2, 0) is 11.2 Å². The van der Waals surface area contributed by atoms with Gasteiger partial charge in [0.25, 0.3) is 0 Å². The fourth-order valence-corrected chi connectivity index (χ4v) is 5.66. The Labute approximate surface area is 195 Å². The summed E-state index contributed by atoms with van der Waals surface area (Å²) in [5, 5.41) is 24.8. The third kappa shape index (κ3) is 3.13. The summed E-state index contributed by atoms with van der Waals surface area (Å²) in [7, 11) is 0. The highest BCUT2D eigenvalue weighted by Crippen LogP contribution is 2.50. The van der Waals surface area contributed by atoms with Gasteiger partial charge in [0, 0.05) is 17.0 Å². The van der Waals surface area contributed by atoms with Crippen LogP contribution in [0.25, 0.3) is 21.9 Å². The molecular formula is C24H24ClN5O3. The van der Waals surface area contributed by atoms with Crippen LogP contribution in [0.5, 0.6) is 0 Å². The van der Waals surface area contributed by atoms with Crippen molar-refractivity contribution in [3.63, 3.8) is 0 Å².